The Kier molecular flexibility index (Phi) is 6.92. The molecule has 144 valence electrons. The van der Waals surface area contributed by atoms with Crippen molar-refractivity contribution in [2.24, 2.45) is 0 Å². The molecule has 1 aromatic rings. The largest absolute Gasteiger partial charge is 0.340 e. The Morgan fingerprint density at radius 3 is 2.67 bits per heavy atom. The van der Waals surface area contributed by atoms with Crippen LogP contribution in [0.4, 0.5) is 0 Å². The molecule has 2 aliphatic rings. The van der Waals surface area contributed by atoms with Gasteiger partial charge in [0.1, 0.15) is 4.32 Å². The molecule has 0 spiro atoms. The summed E-state index contributed by atoms with van der Waals surface area (Å²) in [4.78, 5) is 31.2. The van der Waals surface area contributed by atoms with Crippen LogP contribution < -0.4 is 0 Å². The molecule has 0 aromatic heterocycles. The number of hydrogen-bond acceptors (Lipinski definition) is 5. The molecule has 0 atom stereocenters. The normalized spacial score (nSPS) is 20.0. The molecule has 8 heteroatoms. The zero-order chi connectivity index (χ0) is 19.4. The molecule has 2 saturated heterocycles. The van der Waals surface area contributed by atoms with E-state index in [1.165, 1.54) is 11.8 Å². The van der Waals surface area contributed by atoms with E-state index in [0.29, 0.717) is 33.6 Å². The number of rotatable bonds is 5. The van der Waals surface area contributed by atoms with Gasteiger partial charge in [-0.2, -0.15) is 0 Å². The van der Waals surface area contributed by atoms with Gasteiger partial charge in [0.05, 0.1) is 4.91 Å². The van der Waals surface area contributed by atoms with Gasteiger partial charge in [-0.3, -0.25) is 14.5 Å². The number of halogens is 1. The summed E-state index contributed by atoms with van der Waals surface area (Å²) in [6.45, 7) is 3.83. The first-order valence-electron chi connectivity index (χ1n) is 8.92. The Morgan fingerprint density at radius 1 is 1.26 bits per heavy atom. The van der Waals surface area contributed by atoms with Gasteiger partial charge < -0.3 is 9.80 Å². The first kappa shape index (κ1) is 20.3. The number of thioether (sulfide) groups is 1. The molecule has 27 heavy (non-hydrogen) atoms. The zero-order valence-corrected chi connectivity index (χ0v) is 17.6. The second-order valence-corrected chi connectivity index (χ2v) is 8.73. The number of thiocarbonyl (C=S) groups is 1. The summed E-state index contributed by atoms with van der Waals surface area (Å²) in [5.74, 6) is 0.0390. The predicted molar refractivity (Wildman–Crippen MR) is 115 cm³/mol. The molecule has 0 saturated carbocycles. The number of amides is 2. The number of piperazine rings is 1. The molecule has 0 bridgehead atoms. The average molecular weight is 424 g/mol. The van der Waals surface area contributed by atoms with Crippen molar-refractivity contribution in [1.82, 2.24) is 14.7 Å². The molecule has 2 heterocycles. The highest BCUT2D eigenvalue weighted by Gasteiger charge is 2.32. The second-order valence-electron chi connectivity index (χ2n) is 6.64. The lowest BCUT2D eigenvalue weighted by molar-refractivity contribution is -0.133. The predicted octanol–water partition coefficient (Wildman–Crippen LogP) is 3.10. The van der Waals surface area contributed by atoms with Gasteiger partial charge in [-0.1, -0.05) is 53.8 Å². The van der Waals surface area contributed by atoms with E-state index in [9.17, 15) is 9.59 Å². The number of carbonyl (C=O) groups excluding carboxylic acids is 2. The van der Waals surface area contributed by atoms with Gasteiger partial charge in [0.25, 0.3) is 5.91 Å². The third-order valence-corrected chi connectivity index (χ3v) is 6.42. The minimum Gasteiger partial charge on any atom is -0.340 e. The van der Waals surface area contributed by atoms with Gasteiger partial charge >= 0.3 is 0 Å². The number of nitrogens with zero attached hydrogens (tertiary/aromatic N) is 3. The molecule has 2 aliphatic heterocycles. The molecule has 0 aliphatic carbocycles. The van der Waals surface area contributed by atoms with Crippen LogP contribution in [0, 0.1) is 0 Å². The fraction of sp³-hybridized carbons (Fsp3) is 0.421. The highest BCUT2D eigenvalue weighted by atomic mass is 35.5. The van der Waals surface area contributed by atoms with E-state index in [1.807, 2.05) is 23.1 Å². The first-order valence-corrected chi connectivity index (χ1v) is 10.5. The van der Waals surface area contributed by atoms with Gasteiger partial charge in [0, 0.05) is 44.2 Å². The van der Waals surface area contributed by atoms with Crippen molar-refractivity contribution >= 4 is 57.8 Å². The average Bonchev–Trinajstić information content (AvgIpc) is 2.91. The zero-order valence-electron chi connectivity index (χ0n) is 15.2. The van der Waals surface area contributed by atoms with Crippen molar-refractivity contribution in [2.45, 2.75) is 12.8 Å². The van der Waals surface area contributed by atoms with Crippen LogP contribution in [0.2, 0.25) is 5.02 Å². The van der Waals surface area contributed by atoms with E-state index in [4.69, 9.17) is 23.8 Å². The molecule has 2 amide bonds. The molecular formula is C19H22ClN3O2S2. The minimum absolute atomic E-state index is 0.114. The van der Waals surface area contributed by atoms with Gasteiger partial charge in [-0.05, 0) is 31.2 Å². The standard InChI is InChI=1S/C19H22ClN3O2S2/c1-21-9-11-22(12-10-21)17(24)7-4-8-23-18(25)16(27-19(23)26)13-14-5-2-3-6-15(14)20/h2-3,5-6,13H,4,7-12H2,1H3. The Labute approximate surface area is 174 Å². The molecular weight excluding hydrogens is 402 g/mol. The maximum absolute atomic E-state index is 12.7. The van der Waals surface area contributed by atoms with E-state index in [2.05, 4.69) is 11.9 Å². The van der Waals surface area contributed by atoms with Gasteiger partial charge in [-0.25, -0.2) is 0 Å². The fourth-order valence-electron chi connectivity index (χ4n) is 3.03. The summed E-state index contributed by atoms with van der Waals surface area (Å²) in [6, 6.07) is 7.38. The quantitative estimate of drug-likeness (QED) is 0.537. The summed E-state index contributed by atoms with van der Waals surface area (Å²) in [5.41, 5.74) is 0.796. The Balaban J connectivity index is 1.53. The van der Waals surface area contributed by atoms with Crippen molar-refractivity contribution < 1.29 is 9.59 Å². The second kappa shape index (κ2) is 9.19. The topological polar surface area (TPSA) is 43.9 Å². The molecule has 0 radical (unpaired) electrons. The number of carbonyl (C=O) groups is 2. The number of likely N-dealkylation sites (N-methyl/N-ethyl adjacent to an activating group) is 1. The van der Waals surface area contributed by atoms with Crippen molar-refractivity contribution in [1.29, 1.82) is 0 Å². The summed E-state index contributed by atoms with van der Waals surface area (Å²) in [5, 5.41) is 0.598. The van der Waals surface area contributed by atoms with Crippen molar-refractivity contribution in [3.8, 4) is 0 Å². The van der Waals surface area contributed by atoms with Crippen LogP contribution in [-0.2, 0) is 9.59 Å². The smallest absolute Gasteiger partial charge is 0.266 e. The van der Waals surface area contributed by atoms with Crippen LogP contribution in [-0.4, -0.2) is 70.6 Å². The summed E-state index contributed by atoms with van der Waals surface area (Å²) in [6.07, 6.45) is 2.82. The van der Waals surface area contributed by atoms with E-state index in [1.54, 1.807) is 17.0 Å². The highest BCUT2D eigenvalue weighted by molar-refractivity contribution is 8.26. The molecule has 1 aromatic carbocycles. The fourth-order valence-corrected chi connectivity index (χ4v) is 4.52. The highest BCUT2D eigenvalue weighted by Crippen LogP contribution is 2.33. The number of benzene rings is 1. The SMILES string of the molecule is CN1CCN(C(=O)CCCN2C(=O)C(=Cc3ccccc3Cl)SC2=S)CC1. The Hall–Kier alpha value is -1.41. The van der Waals surface area contributed by atoms with Crippen LogP contribution in [0.15, 0.2) is 29.2 Å². The summed E-state index contributed by atoms with van der Waals surface area (Å²) in [7, 11) is 2.06. The van der Waals surface area contributed by atoms with E-state index < -0.39 is 0 Å². The third-order valence-electron chi connectivity index (χ3n) is 4.69. The third kappa shape index (κ3) is 5.10. The van der Waals surface area contributed by atoms with Crippen molar-refractivity contribution in [3.63, 3.8) is 0 Å². The molecule has 2 fully saturated rings. The summed E-state index contributed by atoms with van der Waals surface area (Å²) < 4.78 is 0.533. The van der Waals surface area contributed by atoms with Crippen LogP contribution in [0.5, 0.6) is 0 Å². The Bertz CT molecular complexity index is 776. The molecule has 0 N–H and O–H groups in total. The van der Waals surface area contributed by atoms with Crippen LogP contribution in [0.25, 0.3) is 6.08 Å². The maximum atomic E-state index is 12.7. The van der Waals surface area contributed by atoms with E-state index in [-0.39, 0.29) is 11.8 Å². The van der Waals surface area contributed by atoms with E-state index >= 15 is 0 Å². The maximum Gasteiger partial charge on any atom is 0.266 e. The lowest BCUT2D eigenvalue weighted by Crippen LogP contribution is -2.47. The van der Waals surface area contributed by atoms with E-state index in [0.717, 1.165) is 31.7 Å². The minimum atomic E-state index is -0.114. The molecule has 0 unspecified atom stereocenters. The monoisotopic (exact) mass is 423 g/mol. The van der Waals surface area contributed by atoms with Crippen molar-refractivity contribution in [3.05, 3.63) is 39.8 Å². The van der Waals surface area contributed by atoms with Crippen molar-refractivity contribution in [2.75, 3.05) is 39.8 Å². The first-order chi connectivity index (χ1) is 13.0. The Morgan fingerprint density at radius 2 is 1.96 bits per heavy atom. The summed E-state index contributed by atoms with van der Waals surface area (Å²) >= 11 is 12.8. The van der Waals surface area contributed by atoms with Gasteiger partial charge in [0.15, 0.2) is 0 Å². The number of hydrogen-bond donors (Lipinski definition) is 0. The lowest BCUT2D eigenvalue weighted by Gasteiger charge is -2.32. The molecule has 3 rings (SSSR count). The lowest BCUT2D eigenvalue weighted by atomic mass is 10.2. The van der Waals surface area contributed by atoms with Crippen LogP contribution >= 0.6 is 35.6 Å². The van der Waals surface area contributed by atoms with Gasteiger partial charge in [-0.15, -0.1) is 0 Å². The van der Waals surface area contributed by atoms with Crippen LogP contribution in [0.1, 0.15) is 18.4 Å². The molecule has 5 nitrogen and oxygen atoms in total. The van der Waals surface area contributed by atoms with Crippen LogP contribution in [0.3, 0.4) is 0 Å². The van der Waals surface area contributed by atoms with Gasteiger partial charge in [0.2, 0.25) is 5.91 Å².